The van der Waals surface area contributed by atoms with E-state index in [0.717, 1.165) is 19.4 Å². The van der Waals surface area contributed by atoms with Crippen LogP contribution in [0.4, 0.5) is 0 Å². The molecule has 2 atom stereocenters. The Morgan fingerprint density at radius 1 is 1.42 bits per heavy atom. The fourth-order valence-electron chi connectivity index (χ4n) is 2.62. The summed E-state index contributed by atoms with van der Waals surface area (Å²) in [5, 5.41) is 5.34. The lowest BCUT2D eigenvalue weighted by Crippen LogP contribution is -2.53. The van der Waals surface area contributed by atoms with Crippen LogP contribution < -0.4 is 15.4 Å². The molecule has 2 N–H and O–H groups in total. The van der Waals surface area contributed by atoms with Gasteiger partial charge < -0.3 is 20.1 Å². The van der Waals surface area contributed by atoms with Crippen LogP contribution in [0.15, 0.2) is 16.6 Å². The van der Waals surface area contributed by atoms with Crippen molar-refractivity contribution in [3.05, 3.63) is 22.3 Å². The van der Waals surface area contributed by atoms with Crippen molar-refractivity contribution in [1.29, 1.82) is 0 Å². The zero-order valence-electron chi connectivity index (χ0n) is 15.6. The molecule has 2 amide bonds. The quantitative estimate of drug-likeness (QED) is 0.726. The highest BCUT2D eigenvalue weighted by Crippen LogP contribution is 2.25. The number of likely N-dealkylation sites (N-methyl/N-ethyl adjacent to an activating group) is 1. The predicted molar refractivity (Wildman–Crippen MR) is 101 cm³/mol. The number of aromatic nitrogens is 1. The lowest BCUT2D eigenvalue weighted by Gasteiger charge is -2.29. The van der Waals surface area contributed by atoms with Crippen LogP contribution in [0.25, 0.3) is 0 Å². The van der Waals surface area contributed by atoms with Gasteiger partial charge in [-0.1, -0.05) is 20.8 Å². The summed E-state index contributed by atoms with van der Waals surface area (Å²) in [7, 11) is 1.54. The van der Waals surface area contributed by atoms with Gasteiger partial charge in [-0.15, -0.1) is 0 Å². The summed E-state index contributed by atoms with van der Waals surface area (Å²) in [6.07, 6.45) is 2.04. The largest absolute Gasteiger partial charge is 0.474 e. The summed E-state index contributed by atoms with van der Waals surface area (Å²) >= 11 is 3.38. The van der Waals surface area contributed by atoms with Gasteiger partial charge in [0.15, 0.2) is 0 Å². The highest BCUT2D eigenvalue weighted by molar-refractivity contribution is 9.10. The van der Waals surface area contributed by atoms with E-state index in [9.17, 15) is 9.59 Å². The molecule has 2 rings (SSSR count). The highest BCUT2D eigenvalue weighted by Gasteiger charge is 2.32. The molecule has 1 aliphatic heterocycles. The molecule has 26 heavy (non-hydrogen) atoms. The molecule has 2 heterocycles. The van der Waals surface area contributed by atoms with E-state index in [4.69, 9.17) is 9.47 Å². The van der Waals surface area contributed by atoms with Gasteiger partial charge in [0.05, 0.1) is 10.6 Å². The van der Waals surface area contributed by atoms with Gasteiger partial charge in [0, 0.05) is 13.7 Å². The molecular weight excluding hydrogens is 402 g/mol. The second-order valence-corrected chi connectivity index (χ2v) is 8.17. The SMILES string of the molecule is CNC(=O)[C@@H](NC(=O)c1ccc(Br)c(OCC2CCCO2)n1)C(C)(C)C. The molecule has 1 unspecified atom stereocenters. The van der Waals surface area contributed by atoms with Crippen molar-refractivity contribution < 1.29 is 19.1 Å². The maximum absolute atomic E-state index is 12.6. The summed E-state index contributed by atoms with van der Waals surface area (Å²) in [6.45, 7) is 6.80. The van der Waals surface area contributed by atoms with E-state index in [1.54, 1.807) is 19.2 Å². The Hall–Kier alpha value is -1.67. The minimum absolute atomic E-state index is 0.0553. The smallest absolute Gasteiger partial charge is 0.270 e. The standard InChI is InChI=1S/C18H26BrN3O4/c1-18(2,3)14(16(24)20-4)22-15(23)13-8-7-12(19)17(21-13)26-10-11-6-5-9-25-11/h7-8,11,14H,5-6,9-10H2,1-4H3,(H,20,24)(H,22,23)/t11?,14-/m1/s1. The van der Waals surface area contributed by atoms with Crippen LogP contribution in [0.1, 0.15) is 44.1 Å². The fourth-order valence-corrected chi connectivity index (χ4v) is 2.96. The van der Waals surface area contributed by atoms with Gasteiger partial charge in [-0.05, 0) is 46.3 Å². The summed E-state index contributed by atoms with van der Waals surface area (Å²) in [6, 6.07) is 2.61. The van der Waals surface area contributed by atoms with Gasteiger partial charge >= 0.3 is 0 Å². The van der Waals surface area contributed by atoms with Crippen molar-refractivity contribution in [3.8, 4) is 5.88 Å². The number of hydrogen-bond donors (Lipinski definition) is 2. The number of nitrogens with one attached hydrogen (secondary N) is 2. The first-order valence-electron chi connectivity index (χ1n) is 8.65. The number of amides is 2. The molecule has 1 fully saturated rings. The van der Waals surface area contributed by atoms with Crippen LogP contribution in [-0.4, -0.2) is 49.2 Å². The molecular formula is C18H26BrN3O4. The number of nitrogens with zero attached hydrogens (tertiary/aromatic N) is 1. The van der Waals surface area contributed by atoms with Gasteiger partial charge in [0.25, 0.3) is 5.91 Å². The first kappa shape index (κ1) is 20.6. The molecule has 0 aliphatic carbocycles. The van der Waals surface area contributed by atoms with E-state index in [1.807, 2.05) is 20.8 Å². The van der Waals surface area contributed by atoms with Crippen molar-refractivity contribution in [2.45, 2.75) is 45.8 Å². The predicted octanol–water partition coefficient (Wildman–Crippen LogP) is 2.29. The van der Waals surface area contributed by atoms with Crippen molar-refractivity contribution in [2.75, 3.05) is 20.3 Å². The number of hydrogen-bond acceptors (Lipinski definition) is 5. The van der Waals surface area contributed by atoms with Crippen molar-refractivity contribution in [2.24, 2.45) is 5.41 Å². The maximum Gasteiger partial charge on any atom is 0.270 e. The summed E-state index contributed by atoms with van der Waals surface area (Å²) in [4.78, 5) is 29.0. The van der Waals surface area contributed by atoms with Crippen LogP contribution in [0.2, 0.25) is 0 Å². The third-order valence-corrected chi connectivity index (χ3v) is 4.73. The molecule has 0 radical (unpaired) electrons. The summed E-state index contributed by atoms with van der Waals surface area (Å²) < 4.78 is 11.9. The molecule has 0 aromatic carbocycles. The topological polar surface area (TPSA) is 89.6 Å². The lowest BCUT2D eigenvalue weighted by molar-refractivity contribution is -0.124. The van der Waals surface area contributed by atoms with Gasteiger partial charge in [0.1, 0.15) is 18.3 Å². The van der Waals surface area contributed by atoms with Gasteiger partial charge in [-0.25, -0.2) is 4.98 Å². The second kappa shape index (κ2) is 8.81. The number of halogens is 1. The molecule has 8 heteroatoms. The van der Waals surface area contributed by atoms with E-state index in [-0.39, 0.29) is 17.7 Å². The molecule has 7 nitrogen and oxygen atoms in total. The van der Waals surface area contributed by atoms with Crippen LogP contribution in [0.3, 0.4) is 0 Å². The second-order valence-electron chi connectivity index (χ2n) is 7.32. The van der Waals surface area contributed by atoms with E-state index >= 15 is 0 Å². The minimum atomic E-state index is -0.679. The first-order valence-corrected chi connectivity index (χ1v) is 9.45. The van der Waals surface area contributed by atoms with Crippen LogP contribution >= 0.6 is 15.9 Å². The van der Waals surface area contributed by atoms with Crippen LogP contribution in [0, 0.1) is 5.41 Å². The molecule has 1 aromatic rings. The van der Waals surface area contributed by atoms with E-state index in [1.165, 1.54) is 0 Å². The third-order valence-electron chi connectivity index (χ3n) is 4.13. The first-order chi connectivity index (χ1) is 12.2. The Balaban J connectivity index is 2.10. The molecule has 0 spiro atoms. The zero-order valence-corrected chi connectivity index (χ0v) is 17.2. The number of ether oxygens (including phenoxy) is 2. The average molecular weight is 428 g/mol. The van der Waals surface area contributed by atoms with E-state index < -0.39 is 17.4 Å². The van der Waals surface area contributed by atoms with E-state index in [2.05, 4.69) is 31.5 Å². The van der Waals surface area contributed by atoms with Gasteiger partial charge in [0.2, 0.25) is 11.8 Å². The Labute approximate surface area is 162 Å². The molecule has 1 aliphatic rings. The van der Waals surface area contributed by atoms with Crippen molar-refractivity contribution in [3.63, 3.8) is 0 Å². The fraction of sp³-hybridized carbons (Fsp3) is 0.611. The van der Waals surface area contributed by atoms with Crippen LogP contribution in [0.5, 0.6) is 5.88 Å². The van der Waals surface area contributed by atoms with Gasteiger partial charge in [-0.2, -0.15) is 0 Å². The molecule has 0 saturated carbocycles. The van der Waals surface area contributed by atoms with Crippen molar-refractivity contribution in [1.82, 2.24) is 15.6 Å². The molecule has 1 aromatic heterocycles. The molecule has 144 valence electrons. The monoisotopic (exact) mass is 427 g/mol. The lowest BCUT2D eigenvalue weighted by atomic mass is 9.86. The normalized spacial score (nSPS) is 18.3. The number of pyridine rings is 1. The Kier molecular flexibility index (Phi) is 7.00. The summed E-state index contributed by atoms with van der Waals surface area (Å²) in [5.74, 6) is -0.346. The third kappa shape index (κ3) is 5.41. The molecule has 1 saturated heterocycles. The van der Waals surface area contributed by atoms with E-state index in [0.29, 0.717) is 17.0 Å². The number of rotatable bonds is 6. The number of carbonyl (C=O) groups is 2. The highest BCUT2D eigenvalue weighted by atomic mass is 79.9. The van der Waals surface area contributed by atoms with Crippen LogP contribution in [-0.2, 0) is 9.53 Å². The zero-order chi connectivity index (χ0) is 19.3. The summed E-state index contributed by atoms with van der Waals surface area (Å²) in [5.41, 5.74) is -0.252. The average Bonchev–Trinajstić information content (AvgIpc) is 3.10. The van der Waals surface area contributed by atoms with Gasteiger partial charge in [-0.3, -0.25) is 9.59 Å². The van der Waals surface area contributed by atoms with Crippen molar-refractivity contribution >= 4 is 27.7 Å². The number of carbonyl (C=O) groups excluding carboxylic acids is 2. The Bertz CT molecular complexity index is 654. The minimum Gasteiger partial charge on any atom is -0.474 e. The molecule has 0 bridgehead atoms. The Morgan fingerprint density at radius 2 is 2.15 bits per heavy atom. The maximum atomic E-state index is 12.6. The Morgan fingerprint density at radius 3 is 2.73 bits per heavy atom.